The second-order valence-electron chi connectivity index (χ2n) is 5.14. The summed E-state index contributed by atoms with van der Waals surface area (Å²) < 4.78 is 0. The Morgan fingerprint density at radius 2 is 1.65 bits per heavy atom. The molecule has 0 aliphatic carbocycles. The molecule has 2 N–H and O–H groups in total. The normalized spacial score (nSPS) is 10.7. The molecular formula is C19H22ClN3. The van der Waals surface area contributed by atoms with E-state index in [4.69, 9.17) is 17.0 Å². The molecular weight excluding hydrogens is 306 g/mol. The van der Waals surface area contributed by atoms with Crippen molar-refractivity contribution in [3.63, 3.8) is 0 Å². The predicted octanol–water partition coefficient (Wildman–Crippen LogP) is 5.29. The zero-order valence-corrected chi connectivity index (χ0v) is 14.3. The van der Waals surface area contributed by atoms with E-state index < -0.39 is 0 Å². The molecule has 0 aromatic heterocycles. The van der Waals surface area contributed by atoms with Gasteiger partial charge in [-0.3, -0.25) is 5.41 Å². The minimum Gasteiger partial charge on any atom is -0.372 e. The number of benzene rings is 2. The van der Waals surface area contributed by atoms with Gasteiger partial charge in [-0.15, -0.1) is 0 Å². The number of nitrogens with one attached hydrogen (secondary N) is 2. The summed E-state index contributed by atoms with van der Waals surface area (Å²) in [4.78, 5) is 2.30. The van der Waals surface area contributed by atoms with E-state index in [1.807, 2.05) is 18.2 Å². The van der Waals surface area contributed by atoms with E-state index in [-0.39, 0.29) is 0 Å². The fourth-order valence-corrected chi connectivity index (χ4v) is 2.42. The van der Waals surface area contributed by atoms with Gasteiger partial charge in [-0.05, 0) is 61.9 Å². The van der Waals surface area contributed by atoms with Crippen LogP contribution in [0.2, 0.25) is 5.02 Å². The van der Waals surface area contributed by atoms with Crippen LogP contribution in [0.1, 0.15) is 19.4 Å². The zero-order chi connectivity index (χ0) is 16.7. The van der Waals surface area contributed by atoms with Gasteiger partial charge in [-0.2, -0.15) is 0 Å². The largest absolute Gasteiger partial charge is 0.372 e. The first-order valence-corrected chi connectivity index (χ1v) is 8.14. The maximum absolute atomic E-state index is 7.96. The minimum atomic E-state index is 0.333. The Morgan fingerprint density at radius 1 is 1.04 bits per heavy atom. The molecule has 0 atom stereocenters. The molecule has 23 heavy (non-hydrogen) atoms. The number of nitrogens with zero attached hydrogens (tertiary/aromatic N) is 1. The van der Waals surface area contributed by atoms with Crippen molar-refractivity contribution < 1.29 is 0 Å². The van der Waals surface area contributed by atoms with Crippen LogP contribution in [0.3, 0.4) is 0 Å². The molecule has 0 radical (unpaired) electrons. The molecule has 0 aliphatic rings. The number of amidine groups is 1. The highest BCUT2D eigenvalue weighted by atomic mass is 35.5. The van der Waals surface area contributed by atoms with Crippen LogP contribution in [-0.2, 0) is 0 Å². The van der Waals surface area contributed by atoms with E-state index in [0.29, 0.717) is 10.9 Å². The second kappa shape index (κ2) is 8.39. The fourth-order valence-electron chi connectivity index (χ4n) is 2.29. The van der Waals surface area contributed by atoms with Gasteiger partial charge in [0.2, 0.25) is 0 Å². The summed E-state index contributed by atoms with van der Waals surface area (Å²) in [7, 11) is 0. The third-order valence-corrected chi connectivity index (χ3v) is 3.84. The van der Waals surface area contributed by atoms with Crippen molar-refractivity contribution in [3.8, 4) is 0 Å². The Labute approximate surface area is 143 Å². The molecule has 120 valence electrons. The lowest BCUT2D eigenvalue weighted by Gasteiger charge is -2.20. The van der Waals surface area contributed by atoms with Crippen LogP contribution in [0.5, 0.6) is 0 Å². The molecule has 3 nitrogen and oxygen atoms in total. The number of hydrogen-bond acceptors (Lipinski definition) is 2. The van der Waals surface area contributed by atoms with Gasteiger partial charge in [-0.25, -0.2) is 0 Å². The number of anilines is 2. The highest BCUT2D eigenvalue weighted by molar-refractivity contribution is 6.30. The van der Waals surface area contributed by atoms with Crippen LogP contribution in [0.4, 0.5) is 11.4 Å². The SMILES string of the molecule is CCN(CC)c1ccc(/C=C/C(=N)Nc2ccc(Cl)cc2)cc1. The van der Waals surface area contributed by atoms with E-state index in [1.54, 1.807) is 18.2 Å². The summed E-state index contributed by atoms with van der Waals surface area (Å²) in [5.74, 6) is 0.333. The minimum absolute atomic E-state index is 0.333. The molecule has 2 rings (SSSR count). The Hall–Kier alpha value is -2.26. The fraction of sp³-hybridized carbons (Fsp3) is 0.211. The van der Waals surface area contributed by atoms with Crippen molar-refractivity contribution in [1.82, 2.24) is 0 Å². The molecule has 0 amide bonds. The molecule has 2 aromatic rings. The molecule has 2 aromatic carbocycles. The van der Waals surface area contributed by atoms with E-state index in [1.165, 1.54) is 5.69 Å². The number of hydrogen-bond donors (Lipinski definition) is 2. The first-order chi connectivity index (χ1) is 11.1. The second-order valence-corrected chi connectivity index (χ2v) is 5.58. The molecule has 0 saturated heterocycles. The van der Waals surface area contributed by atoms with Gasteiger partial charge in [-0.1, -0.05) is 29.8 Å². The highest BCUT2D eigenvalue weighted by Crippen LogP contribution is 2.16. The average molecular weight is 328 g/mol. The Bertz CT molecular complexity index is 656. The van der Waals surface area contributed by atoms with Gasteiger partial charge in [0.25, 0.3) is 0 Å². The quantitative estimate of drug-likeness (QED) is 0.559. The smallest absolute Gasteiger partial charge is 0.122 e. The standard InChI is InChI=1S/C19H22ClN3/c1-3-23(4-2)18-12-5-15(6-13-18)7-14-19(21)22-17-10-8-16(20)9-11-17/h5-14H,3-4H2,1-2H3,(H2,21,22)/b14-7+. The lowest BCUT2D eigenvalue weighted by Crippen LogP contribution is -2.21. The van der Waals surface area contributed by atoms with Gasteiger partial charge < -0.3 is 10.2 Å². The molecule has 0 saturated carbocycles. The third kappa shape index (κ3) is 5.15. The van der Waals surface area contributed by atoms with E-state index in [2.05, 4.69) is 48.3 Å². The predicted molar refractivity (Wildman–Crippen MR) is 102 cm³/mol. The van der Waals surface area contributed by atoms with Crippen LogP contribution < -0.4 is 10.2 Å². The zero-order valence-electron chi connectivity index (χ0n) is 13.5. The van der Waals surface area contributed by atoms with Gasteiger partial charge >= 0.3 is 0 Å². The summed E-state index contributed by atoms with van der Waals surface area (Å²) in [5.41, 5.74) is 3.14. The van der Waals surface area contributed by atoms with Crippen LogP contribution in [0.15, 0.2) is 54.6 Å². The van der Waals surface area contributed by atoms with Crippen LogP contribution in [0.25, 0.3) is 6.08 Å². The van der Waals surface area contributed by atoms with E-state index in [9.17, 15) is 0 Å². The van der Waals surface area contributed by atoms with Crippen molar-refractivity contribution >= 4 is 34.9 Å². The molecule has 0 spiro atoms. The first-order valence-electron chi connectivity index (χ1n) is 7.76. The van der Waals surface area contributed by atoms with Gasteiger partial charge in [0.1, 0.15) is 5.84 Å². The summed E-state index contributed by atoms with van der Waals surface area (Å²) in [5, 5.41) is 11.7. The maximum atomic E-state index is 7.96. The van der Waals surface area contributed by atoms with E-state index >= 15 is 0 Å². The first kappa shape index (κ1) is 17.1. The van der Waals surface area contributed by atoms with Gasteiger partial charge in [0.15, 0.2) is 0 Å². The molecule has 0 aliphatic heterocycles. The van der Waals surface area contributed by atoms with Crippen LogP contribution in [0, 0.1) is 5.41 Å². The molecule has 0 fully saturated rings. The van der Waals surface area contributed by atoms with Crippen molar-refractivity contribution in [2.45, 2.75) is 13.8 Å². The summed E-state index contributed by atoms with van der Waals surface area (Å²) >= 11 is 5.85. The van der Waals surface area contributed by atoms with Crippen LogP contribution >= 0.6 is 11.6 Å². The molecule has 4 heteroatoms. The third-order valence-electron chi connectivity index (χ3n) is 3.59. The maximum Gasteiger partial charge on any atom is 0.122 e. The van der Waals surface area contributed by atoms with Crippen LogP contribution in [-0.4, -0.2) is 18.9 Å². The molecule has 0 unspecified atom stereocenters. The topological polar surface area (TPSA) is 39.1 Å². The lowest BCUT2D eigenvalue weighted by molar-refractivity contribution is 0.866. The average Bonchev–Trinajstić information content (AvgIpc) is 2.57. The Balaban J connectivity index is 1.96. The Morgan fingerprint density at radius 3 is 2.22 bits per heavy atom. The van der Waals surface area contributed by atoms with Crippen molar-refractivity contribution in [1.29, 1.82) is 5.41 Å². The van der Waals surface area contributed by atoms with Gasteiger partial charge in [0.05, 0.1) is 0 Å². The van der Waals surface area contributed by atoms with E-state index in [0.717, 1.165) is 24.3 Å². The molecule has 0 bridgehead atoms. The summed E-state index contributed by atoms with van der Waals surface area (Å²) in [6.07, 6.45) is 3.68. The van der Waals surface area contributed by atoms with Crippen molar-refractivity contribution in [2.75, 3.05) is 23.3 Å². The highest BCUT2D eigenvalue weighted by Gasteiger charge is 2.00. The summed E-state index contributed by atoms with van der Waals surface area (Å²) in [6.45, 7) is 6.31. The van der Waals surface area contributed by atoms with Crippen molar-refractivity contribution in [2.24, 2.45) is 0 Å². The lowest BCUT2D eigenvalue weighted by atomic mass is 10.1. The molecule has 0 heterocycles. The Kier molecular flexibility index (Phi) is 6.24. The number of rotatable bonds is 6. The monoisotopic (exact) mass is 327 g/mol. The van der Waals surface area contributed by atoms with Gasteiger partial charge in [0, 0.05) is 29.5 Å². The summed E-state index contributed by atoms with van der Waals surface area (Å²) in [6, 6.07) is 15.7. The number of halogens is 1. The van der Waals surface area contributed by atoms with Crippen molar-refractivity contribution in [3.05, 3.63) is 65.2 Å².